The number of likely N-dealkylation sites (N-methyl/N-ethyl adjacent to an activating group) is 1. The van der Waals surface area contributed by atoms with Gasteiger partial charge in [-0.2, -0.15) is 0 Å². The first-order valence-electron chi connectivity index (χ1n) is 9.77. The molecule has 156 valence electrons. The van der Waals surface area contributed by atoms with Crippen molar-refractivity contribution in [3.8, 4) is 0 Å². The number of benzene rings is 2. The fourth-order valence-electron chi connectivity index (χ4n) is 2.92. The first-order valence-corrected chi connectivity index (χ1v) is 10.6. The summed E-state index contributed by atoms with van der Waals surface area (Å²) >= 11 is 1.34. The summed E-state index contributed by atoms with van der Waals surface area (Å²) in [7, 11) is 3.98. The normalized spacial score (nSPS) is 16.4. The van der Waals surface area contributed by atoms with E-state index in [1.54, 1.807) is 36.1 Å². The highest BCUT2D eigenvalue weighted by Crippen LogP contribution is 2.34. The van der Waals surface area contributed by atoms with Crippen molar-refractivity contribution in [3.05, 3.63) is 64.6 Å². The third kappa shape index (κ3) is 4.91. The second kappa shape index (κ2) is 9.63. The molecule has 30 heavy (non-hydrogen) atoms. The minimum absolute atomic E-state index is 0.0699. The zero-order chi connectivity index (χ0) is 21.7. The van der Waals surface area contributed by atoms with E-state index in [1.165, 1.54) is 11.8 Å². The number of hydrogen-bond acceptors (Lipinski definition) is 6. The van der Waals surface area contributed by atoms with Gasteiger partial charge in [0.15, 0.2) is 5.17 Å². The molecule has 0 radical (unpaired) electrons. The third-order valence-corrected chi connectivity index (χ3v) is 5.50. The van der Waals surface area contributed by atoms with Gasteiger partial charge in [-0.1, -0.05) is 18.2 Å². The number of amidine groups is 1. The summed E-state index contributed by atoms with van der Waals surface area (Å²) < 4.78 is 5.05. The van der Waals surface area contributed by atoms with E-state index in [1.807, 2.05) is 56.3 Å². The SMILES string of the molecule is CCOC(=O)c1cccc(N=C2SC(=Cc3ccc(N(C)C)cc3)C(=O)N2CC)c1. The standard InChI is InChI=1S/C23H25N3O3S/c1-5-26-21(27)20(14-16-10-12-19(13-11-16)25(3)4)30-23(26)24-18-9-7-8-17(15-18)22(28)29-6-2/h7-15H,5-6H2,1-4H3. The number of esters is 1. The summed E-state index contributed by atoms with van der Waals surface area (Å²) in [6.07, 6.45) is 1.88. The number of anilines is 1. The van der Waals surface area contributed by atoms with Crippen LogP contribution in [-0.4, -0.2) is 49.2 Å². The number of carbonyl (C=O) groups excluding carboxylic acids is 2. The van der Waals surface area contributed by atoms with Gasteiger partial charge in [0.25, 0.3) is 5.91 Å². The summed E-state index contributed by atoms with van der Waals surface area (Å²) in [5, 5.41) is 0.597. The van der Waals surface area contributed by atoms with E-state index in [9.17, 15) is 9.59 Å². The predicted molar refractivity (Wildman–Crippen MR) is 123 cm³/mol. The van der Waals surface area contributed by atoms with Crippen molar-refractivity contribution in [2.24, 2.45) is 4.99 Å². The van der Waals surface area contributed by atoms with Gasteiger partial charge in [0.05, 0.1) is 22.8 Å². The summed E-state index contributed by atoms with van der Waals surface area (Å²) in [4.78, 5) is 33.7. The van der Waals surface area contributed by atoms with Gasteiger partial charge in [-0.3, -0.25) is 9.69 Å². The summed E-state index contributed by atoms with van der Waals surface area (Å²) in [6, 6.07) is 14.9. The van der Waals surface area contributed by atoms with Crippen molar-refractivity contribution < 1.29 is 14.3 Å². The number of nitrogens with zero attached hydrogens (tertiary/aromatic N) is 3. The number of aliphatic imine (C=N–C) groups is 1. The lowest BCUT2D eigenvalue weighted by Gasteiger charge is -2.12. The van der Waals surface area contributed by atoms with E-state index < -0.39 is 0 Å². The molecule has 0 aromatic heterocycles. The maximum Gasteiger partial charge on any atom is 0.338 e. The van der Waals surface area contributed by atoms with Crippen LogP contribution in [0, 0.1) is 0 Å². The molecule has 0 N–H and O–H groups in total. The lowest BCUT2D eigenvalue weighted by Crippen LogP contribution is -2.28. The van der Waals surface area contributed by atoms with Gasteiger partial charge in [-0.05, 0) is 67.6 Å². The first-order chi connectivity index (χ1) is 14.4. The van der Waals surface area contributed by atoms with Gasteiger partial charge in [-0.25, -0.2) is 9.79 Å². The van der Waals surface area contributed by atoms with E-state index >= 15 is 0 Å². The highest BCUT2D eigenvalue weighted by Gasteiger charge is 2.32. The van der Waals surface area contributed by atoms with Crippen LogP contribution in [0.1, 0.15) is 29.8 Å². The molecule has 1 amide bonds. The summed E-state index contributed by atoms with van der Waals surface area (Å²) in [5.74, 6) is -0.455. The topological polar surface area (TPSA) is 62.2 Å². The monoisotopic (exact) mass is 423 g/mol. The van der Waals surface area contributed by atoms with E-state index in [-0.39, 0.29) is 11.9 Å². The minimum Gasteiger partial charge on any atom is -0.462 e. The Morgan fingerprint density at radius 3 is 2.53 bits per heavy atom. The maximum absolute atomic E-state index is 12.9. The Labute approximate surface area is 181 Å². The van der Waals surface area contributed by atoms with Crippen molar-refractivity contribution in [2.45, 2.75) is 13.8 Å². The average Bonchev–Trinajstić information content (AvgIpc) is 3.02. The van der Waals surface area contributed by atoms with Crippen molar-refractivity contribution in [2.75, 3.05) is 32.1 Å². The van der Waals surface area contributed by atoms with Gasteiger partial charge in [0.2, 0.25) is 0 Å². The smallest absolute Gasteiger partial charge is 0.338 e. The molecule has 2 aromatic carbocycles. The molecule has 0 atom stereocenters. The summed E-state index contributed by atoms with van der Waals surface area (Å²) in [5.41, 5.74) is 3.10. The van der Waals surface area contributed by atoms with Gasteiger partial charge in [0.1, 0.15) is 0 Å². The molecule has 0 bridgehead atoms. The van der Waals surface area contributed by atoms with Crippen molar-refractivity contribution in [1.82, 2.24) is 4.90 Å². The Morgan fingerprint density at radius 1 is 1.17 bits per heavy atom. The van der Waals surface area contributed by atoms with Crippen LogP contribution in [0.15, 0.2) is 58.4 Å². The Hall–Kier alpha value is -3.06. The van der Waals surface area contributed by atoms with Crippen LogP contribution in [0.3, 0.4) is 0 Å². The number of thioether (sulfide) groups is 1. The molecule has 1 saturated heterocycles. The van der Waals surface area contributed by atoms with E-state index in [4.69, 9.17) is 4.74 Å². The lowest BCUT2D eigenvalue weighted by atomic mass is 10.2. The Kier molecular flexibility index (Phi) is 6.95. The van der Waals surface area contributed by atoms with Crippen molar-refractivity contribution in [3.63, 3.8) is 0 Å². The number of ether oxygens (including phenoxy) is 1. The fraction of sp³-hybridized carbons (Fsp3) is 0.261. The molecule has 0 spiro atoms. The molecular weight excluding hydrogens is 398 g/mol. The number of amides is 1. The molecule has 0 unspecified atom stereocenters. The van der Waals surface area contributed by atoms with Crippen molar-refractivity contribution >= 4 is 46.3 Å². The molecule has 3 rings (SSSR count). The lowest BCUT2D eigenvalue weighted by molar-refractivity contribution is -0.122. The van der Waals surface area contributed by atoms with E-state index in [0.29, 0.717) is 34.5 Å². The second-order valence-corrected chi connectivity index (χ2v) is 7.82. The molecule has 1 aliphatic heterocycles. The zero-order valence-corrected chi connectivity index (χ0v) is 18.4. The Bertz CT molecular complexity index is 997. The highest BCUT2D eigenvalue weighted by molar-refractivity contribution is 8.18. The van der Waals surface area contributed by atoms with Crippen molar-refractivity contribution in [1.29, 1.82) is 0 Å². The molecule has 7 heteroatoms. The zero-order valence-electron chi connectivity index (χ0n) is 17.6. The number of hydrogen-bond donors (Lipinski definition) is 0. The molecule has 2 aromatic rings. The van der Waals surface area contributed by atoms with Gasteiger partial charge in [-0.15, -0.1) is 0 Å². The van der Waals surface area contributed by atoms with E-state index in [0.717, 1.165) is 11.3 Å². The van der Waals surface area contributed by atoms with Crippen LogP contribution < -0.4 is 4.90 Å². The molecule has 1 aliphatic rings. The molecule has 1 heterocycles. The van der Waals surface area contributed by atoms with Crippen LogP contribution in [0.4, 0.5) is 11.4 Å². The maximum atomic E-state index is 12.9. The predicted octanol–water partition coefficient (Wildman–Crippen LogP) is 4.55. The van der Waals surface area contributed by atoms with Crippen LogP contribution in [0.25, 0.3) is 6.08 Å². The second-order valence-electron chi connectivity index (χ2n) is 6.81. The average molecular weight is 424 g/mol. The molecular formula is C23H25N3O3S. The largest absolute Gasteiger partial charge is 0.462 e. The third-order valence-electron chi connectivity index (χ3n) is 4.49. The van der Waals surface area contributed by atoms with Gasteiger partial charge in [0, 0.05) is 26.3 Å². The van der Waals surface area contributed by atoms with Crippen LogP contribution >= 0.6 is 11.8 Å². The molecule has 1 fully saturated rings. The quantitative estimate of drug-likeness (QED) is 0.504. The number of carbonyl (C=O) groups is 2. The van der Waals surface area contributed by atoms with Crippen LogP contribution in [0.5, 0.6) is 0 Å². The number of rotatable bonds is 6. The van der Waals surface area contributed by atoms with E-state index in [2.05, 4.69) is 4.99 Å². The van der Waals surface area contributed by atoms with Crippen LogP contribution in [-0.2, 0) is 9.53 Å². The molecule has 0 aliphatic carbocycles. The molecule has 0 saturated carbocycles. The summed E-state index contributed by atoms with van der Waals surface area (Å²) in [6.45, 7) is 4.51. The highest BCUT2D eigenvalue weighted by atomic mass is 32.2. The Balaban J connectivity index is 1.87. The fourth-order valence-corrected chi connectivity index (χ4v) is 3.98. The van der Waals surface area contributed by atoms with Gasteiger partial charge >= 0.3 is 5.97 Å². The Morgan fingerprint density at radius 2 is 1.90 bits per heavy atom. The van der Waals surface area contributed by atoms with Crippen LogP contribution in [0.2, 0.25) is 0 Å². The minimum atomic E-state index is -0.385. The van der Waals surface area contributed by atoms with Gasteiger partial charge < -0.3 is 9.64 Å². The first kappa shape index (κ1) is 21.6. The molecule has 6 nitrogen and oxygen atoms in total.